The van der Waals surface area contributed by atoms with Gasteiger partial charge in [-0.25, -0.2) is 18.2 Å². The molecule has 0 saturated carbocycles. The molecule has 20 heavy (non-hydrogen) atoms. The van der Waals surface area contributed by atoms with Crippen molar-refractivity contribution in [2.75, 3.05) is 5.32 Å². The minimum atomic E-state index is -1.21. The SMILES string of the molecule is Cc1nc2sccn2c1CNc1cc(F)cc(F)c1F. The van der Waals surface area contributed by atoms with Crippen LogP contribution in [0.25, 0.3) is 4.96 Å². The van der Waals surface area contributed by atoms with Gasteiger partial charge in [0.25, 0.3) is 0 Å². The van der Waals surface area contributed by atoms with Crippen molar-refractivity contribution >= 4 is 22.0 Å². The second-order valence-corrected chi connectivity index (χ2v) is 5.18. The Balaban J connectivity index is 1.90. The van der Waals surface area contributed by atoms with Gasteiger partial charge in [-0.3, -0.25) is 4.40 Å². The maximum atomic E-state index is 13.5. The number of thiazole rings is 1. The standard InChI is InChI=1S/C13H10F3N3S/c1-7-11(19-2-3-20-13(19)18-7)6-17-10-5-8(14)4-9(15)12(10)16/h2-5,17H,6H2,1H3. The van der Waals surface area contributed by atoms with E-state index in [0.29, 0.717) is 6.07 Å². The van der Waals surface area contributed by atoms with Crippen molar-refractivity contribution in [3.05, 3.63) is 52.5 Å². The molecular formula is C13H10F3N3S. The zero-order chi connectivity index (χ0) is 14.3. The highest BCUT2D eigenvalue weighted by atomic mass is 32.1. The summed E-state index contributed by atoms with van der Waals surface area (Å²) in [7, 11) is 0. The van der Waals surface area contributed by atoms with Gasteiger partial charge in [0.15, 0.2) is 16.6 Å². The number of aromatic nitrogens is 2. The minimum absolute atomic E-state index is 0.202. The normalized spacial score (nSPS) is 11.2. The summed E-state index contributed by atoms with van der Waals surface area (Å²) in [4.78, 5) is 5.17. The molecule has 0 aliphatic rings. The van der Waals surface area contributed by atoms with Crippen molar-refractivity contribution in [2.24, 2.45) is 0 Å². The number of fused-ring (bicyclic) bond motifs is 1. The number of hydrogen-bond acceptors (Lipinski definition) is 3. The predicted molar refractivity (Wildman–Crippen MR) is 71.4 cm³/mol. The molecular weight excluding hydrogens is 287 g/mol. The molecule has 1 N–H and O–H groups in total. The van der Waals surface area contributed by atoms with Crippen LogP contribution in [0.1, 0.15) is 11.4 Å². The van der Waals surface area contributed by atoms with E-state index in [4.69, 9.17) is 0 Å². The van der Waals surface area contributed by atoms with Gasteiger partial charge in [0, 0.05) is 23.7 Å². The Morgan fingerprint density at radius 3 is 2.90 bits per heavy atom. The van der Waals surface area contributed by atoms with Gasteiger partial charge in [-0.1, -0.05) is 0 Å². The van der Waals surface area contributed by atoms with Gasteiger partial charge in [0.1, 0.15) is 5.82 Å². The Morgan fingerprint density at radius 2 is 2.10 bits per heavy atom. The predicted octanol–water partition coefficient (Wildman–Crippen LogP) is 3.73. The maximum Gasteiger partial charge on any atom is 0.194 e. The van der Waals surface area contributed by atoms with Gasteiger partial charge in [-0.05, 0) is 6.92 Å². The average molecular weight is 297 g/mol. The molecule has 0 radical (unpaired) electrons. The number of hydrogen-bond donors (Lipinski definition) is 1. The smallest absolute Gasteiger partial charge is 0.194 e. The van der Waals surface area contributed by atoms with Gasteiger partial charge in [0.2, 0.25) is 0 Å². The maximum absolute atomic E-state index is 13.5. The molecule has 1 aromatic carbocycles. The first-order valence-electron chi connectivity index (χ1n) is 5.85. The second kappa shape index (κ2) is 4.82. The summed E-state index contributed by atoms with van der Waals surface area (Å²) in [5.41, 5.74) is 1.42. The third-order valence-corrected chi connectivity index (χ3v) is 3.76. The molecule has 0 atom stereocenters. The fourth-order valence-electron chi connectivity index (χ4n) is 2.02. The lowest BCUT2D eigenvalue weighted by atomic mass is 10.2. The zero-order valence-electron chi connectivity index (χ0n) is 10.5. The van der Waals surface area contributed by atoms with Crippen LogP contribution in [0.15, 0.2) is 23.7 Å². The molecule has 0 unspecified atom stereocenters. The molecule has 2 heterocycles. The second-order valence-electron chi connectivity index (χ2n) is 4.30. The number of nitrogens with zero attached hydrogens (tertiary/aromatic N) is 2. The lowest BCUT2D eigenvalue weighted by Gasteiger charge is -2.08. The van der Waals surface area contributed by atoms with Crippen LogP contribution in [0.5, 0.6) is 0 Å². The summed E-state index contributed by atoms with van der Waals surface area (Å²) >= 11 is 1.48. The summed E-state index contributed by atoms with van der Waals surface area (Å²) in [6.45, 7) is 2.06. The van der Waals surface area contributed by atoms with Crippen LogP contribution >= 0.6 is 11.3 Å². The van der Waals surface area contributed by atoms with Gasteiger partial charge in [0.05, 0.1) is 23.6 Å². The molecule has 0 amide bonds. The highest BCUT2D eigenvalue weighted by Crippen LogP contribution is 2.22. The topological polar surface area (TPSA) is 29.3 Å². The summed E-state index contributed by atoms with van der Waals surface area (Å²) in [5, 5.41) is 4.59. The van der Waals surface area contributed by atoms with Crippen LogP contribution in [0.3, 0.4) is 0 Å². The van der Waals surface area contributed by atoms with Crippen LogP contribution < -0.4 is 5.32 Å². The van der Waals surface area contributed by atoms with E-state index >= 15 is 0 Å². The monoisotopic (exact) mass is 297 g/mol. The van der Waals surface area contributed by atoms with Crippen LogP contribution in [-0.2, 0) is 6.54 Å². The molecule has 2 aromatic heterocycles. The summed E-state index contributed by atoms with van der Waals surface area (Å²) in [6.07, 6.45) is 1.85. The van der Waals surface area contributed by atoms with E-state index in [1.165, 1.54) is 11.3 Å². The molecule has 3 nitrogen and oxygen atoms in total. The molecule has 3 rings (SSSR count). The highest BCUT2D eigenvalue weighted by Gasteiger charge is 2.13. The molecule has 0 bridgehead atoms. The average Bonchev–Trinajstić information content (AvgIpc) is 2.93. The zero-order valence-corrected chi connectivity index (χ0v) is 11.3. The van der Waals surface area contributed by atoms with Crippen molar-refractivity contribution < 1.29 is 13.2 Å². The van der Waals surface area contributed by atoms with Crippen LogP contribution in [0.2, 0.25) is 0 Å². The van der Waals surface area contributed by atoms with Crippen molar-refractivity contribution in [3.63, 3.8) is 0 Å². The molecule has 0 aliphatic heterocycles. The van der Waals surface area contributed by atoms with Gasteiger partial charge < -0.3 is 5.32 Å². The Morgan fingerprint density at radius 1 is 1.30 bits per heavy atom. The van der Waals surface area contributed by atoms with Gasteiger partial charge in [-0.15, -0.1) is 11.3 Å². The van der Waals surface area contributed by atoms with Crippen LogP contribution in [0.4, 0.5) is 18.9 Å². The number of rotatable bonds is 3. The lowest BCUT2D eigenvalue weighted by molar-refractivity contribution is 0.497. The number of benzene rings is 1. The van der Waals surface area contributed by atoms with Crippen LogP contribution in [0, 0.1) is 24.4 Å². The molecule has 3 aromatic rings. The first kappa shape index (κ1) is 13.0. The summed E-state index contributed by atoms with van der Waals surface area (Å²) in [5.74, 6) is -3.12. The van der Waals surface area contributed by atoms with E-state index in [-0.39, 0.29) is 12.2 Å². The number of aryl methyl sites for hydroxylation is 1. The minimum Gasteiger partial charge on any atom is -0.377 e. The third kappa shape index (κ3) is 2.14. The fraction of sp³-hybridized carbons (Fsp3) is 0.154. The Hall–Kier alpha value is -2.02. The summed E-state index contributed by atoms with van der Waals surface area (Å²) in [6, 6.07) is 1.45. The Bertz CT molecular complexity index is 779. The van der Waals surface area contributed by atoms with Gasteiger partial charge in [-0.2, -0.15) is 0 Å². The molecule has 0 spiro atoms. The Kier molecular flexibility index (Phi) is 3.13. The molecule has 104 valence electrons. The lowest BCUT2D eigenvalue weighted by Crippen LogP contribution is -2.06. The largest absolute Gasteiger partial charge is 0.377 e. The molecule has 0 aliphatic carbocycles. The number of anilines is 1. The number of imidazole rings is 1. The fourth-order valence-corrected chi connectivity index (χ4v) is 2.80. The van der Waals surface area contributed by atoms with E-state index in [1.54, 1.807) is 0 Å². The van der Waals surface area contributed by atoms with E-state index in [9.17, 15) is 13.2 Å². The quantitative estimate of drug-likeness (QED) is 0.746. The first-order chi connectivity index (χ1) is 9.56. The number of halogens is 3. The Labute approximate surface area is 116 Å². The highest BCUT2D eigenvalue weighted by molar-refractivity contribution is 7.15. The first-order valence-corrected chi connectivity index (χ1v) is 6.73. The van der Waals surface area contributed by atoms with E-state index in [0.717, 1.165) is 22.4 Å². The van der Waals surface area contributed by atoms with Crippen molar-refractivity contribution in [3.8, 4) is 0 Å². The molecule has 0 saturated heterocycles. The van der Waals surface area contributed by atoms with E-state index in [2.05, 4.69) is 10.3 Å². The van der Waals surface area contributed by atoms with Crippen molar-refractivity contribution in [1.82, 2.24) is 9.38 Å². The van der Waals surface area contributed by atoms with Gasteiger partial charge >= 0.3 is 0 Å². The molecule has 7 heteroatoms. The van der Waals surface area contributed by atoms with E-state index in [1.807, 2.05) is 22.9 Å². The van der Waals surface area contributed by atoms with E-state index < -0.39 is 17.5 Å². The van der Waals surface area contributed by atoms with Crippen molar-refractivity contribution in [1.29, 1.82) is 0 Å². The molecule has 0 fully saturated rings. The number of nitrogens with one attached hydrogen (secondary N) is 1. The van der Waals surface area contributed by atoms with Crippen molar-refractivity contribution in [2.45, 2.75) is 13.5 Å². The third-order valence-electron chi connectivity index (χ3n) is 3.00. The van der Waals surface area contributed by atoms with Crippen LogP contribution in [-0.4, -0.2) is 9.38 Å². The summed E-state index contributed by atoms with van der Waals surface area (Å²) < 4.78 is 41.6.